The fraction of sp³-hybridized carbons (Fsp3) is 0.571. The summed E-state index contributed by atoms with van der Waals surface area (Å²) in [5.74, 6) is -0.162. The highest BCUT2D eigenvalue weighted by molar-refractivity contribution is 5.57. The number of benzene rings is 1. The normalized spacial score (nSPS) is 23.9. The van der Waals surface area contributed by atoms with Crippen LogP contribution in [0.5, 0.6) is 5.75 Å². The van der Waals surface area contributed by atoms with Crippen LogP contribution in [0.1, 0.15) is 19.3 Å². The lowest BCUT2D eigenvalue weighted by Crippen LogP contribution is -2.28. The smallest absolute Gasteiger partial charge is 0.404 e. The second kappa shape index (κ2) is 5.16. The molecule has 1 saturated carbocycles. The summed E-state index contributed by atoms with van der Waals surface area (Å²) in [4.78, 5) is 2.41. The van der Waals surface area contributed by atoms with Gasteiger partial charge in [-0.1, -0.05) is 12.1 Å². The van der Waals surface area contributed by atoms with Gasteiger partial charge in [0.2, 0.25) is 0 Å². The van der Waals surface area contributed by atoms with E-state index in [4.69, 9.17) is 0 Å². The molecule has 0 bridgehead atoms. The summed E-state index contributed by atoms with van der Waals surface area (Å²) in [6.07, 6.45) is -1.20. The standard InChI is InChI=1S/C14H17F3N2O/c15-14(16,17)20-13-4-2-1-3-12(13)18-10-7-8-19(9-10)11-5-6-11/h1-4,10-11,18H,5-9H2. The van der Waals surface area contributed by atoms with E-state index in [1.165, 1.54) is 25.0 Å². The van der Waals surface area contributed by atoms with Gasteiger partial charge in [0.25, 0.3) is 0 Å². The topological polar surface area (TPSA) is 24.5 Å². The Kier molecular flexibility index (Phi) is 3.50. The molecule has 1 N–H and O–H groups in total. The lowest BCUT2D eigenvalue weighted by molar-refractivity contribution is -0.274. The van der Waals surface area contributed by atoms with Gasteiger partial charge in [0.1, 0.15) is 0 Å². The molecule has 0 aromatic heterocycles. The Morgan fingerprint density at radius 3 is 2.60 bits per heavy atom. The number of hydrogen-bond acceptors (Lipinski definition) is 3. The number of para-hydroxylation sites is 2. The van der Waals surface area contributed by atoms with Crippen molar-refractivity contribution < 1.29 is 17.9 Å². The van der Waals surface area contributed by atoms with Gasteiger partial charge in [-0.25, -0.2) is 0 Å². The zero-order chi connectivity index (χ0) is 14.2. The number of halogens is 3. The highest BCUT2D eigenvalue weighted by atomic mass is 19.4. The molecule has 0 radical (unpaired) electrons. The van der Waals surface area contributed by atoms with E-state index in [1.54, 1.807) is 12.1 Å². The van der Waals surface area contributed by atoms with Crippen LogP contribution in [0.25, 0.3) is 0 Å². The maximum Gasteiger partial charge on any atom is 0.573 e. The molecule has 0 amide bonds. The first-order valence-electron chi connectivity index (χ1n) is 6.86. The first-order valence-corrected chi connectivity index (χ1v) is 6.86. The molecule has 2 aliphatic rings. The van der Waals surface area contributed by atoms with Crippen LogP contribution in [0.3, 0.4) is 0 Å². The van der Waals surface area contributed by atoms with E-state index in [0.29, 0.717) is 11.7 Å². The molecule has 1 aromatic rings. The average molecular weight is 286 g/mol. The van der Waals surface area contributed by atoms with E-state index in [1.807, 2.05) is 0 Å². The predicted octanol–water partition coefficient (Wildman–Crippen LogP) is 3.23. The summed E-state index contributed by atoms with van der Waals surface area (Å²) in [5.41, 5.74) is 0.410. The van der Waals surface area contributed by atoms with Gasteiger partial charge in [-0.2, -0.15) is 0 Å². The van der Waals surface area contributed by atoms with Crippen LogP contribution in [-0.2, 0) is 0 Å². The third-order valence-electron chi connectivity index (χ3n) is 3.76. The van der Waals surface area contributed by atoms with Crippen LogP contribution in [0.2, 0.25) is 0 Å². The molecule has 1 heterocycles. The second-order valence-corrected chi connectivity index (χ2v) is 5.40. The molecule has 2 fully saturated rings. The van der Waals surface area contributed by atoms with Crippen molar-refractivity contribution in [3.05, 3.63) is 24.3 Å². The number of anilines is 1. The highest BCUT2D eigenvalue weighted by Crippen LogP contribution is 2.33. The summed E-state index contributed by atoms with van der Waals surface area (Å²) in [5, 5.41) is 3.18. The zero-order valence-electron chi connectivity index (χ0n) is 11.0. The predicted molar refractivity (Wildman–Crippen MR) is 69.7 cm³/mol. The Balaban J connectivity index is 1.65. The minimum Gasteiger partial charge on any atom is -0.404 e. The first-order chi connectivity index (χ1) is 9.51. The molecule has 1 atom stereocenters. The van der Waals surface area contributed by atoms with Crippen LogP contribution >= 0.6 is 0 Å². The van der Waals surface area contributed by atoms with Crippen LogP contribution in [0.15, 0.2) is 24.3 Å². The largest absolute Gasteiger partial charge is 0.573 e. The molecular weight excluding hydrogens is 269 g/mol. The quantitative estimate of drug-likeness (QED) is 0.919. The van der Waals surface area contributed by atoms with E-state index < -0.39 is 6.36 Å². The number of nitrogens with one attached hydrogen (secondary N) is 1. The van der Waals surface area contributed by atoms with Gasteiger partial charge in [-0.15, -0.1) is 13.2 Å². The van der Waals surface area contributed by atoms with Crippen LogP contribution in [-0.4, -0.2) is 36.4 Å². The van der Waals surface area contributed by atoms with Gasteiger partial charge in [0.05, 0.1) is 5.69 Å². The monoisotopic (exact) mass is 286 g/mol. The van der Waals surface area contributed by atoms with Crippen molar-refractivity contribution in [1.82, 2.24) is 4.90 Å². The number of alkyl halides is 3. The third-order valence-corrected chi connectivity index (χ3v) is 3.76. The molecule has 3 rings (SSSR count). The van der Waals surface area contributed by atoms with Crippen molar-refractivity contribution >= 4 is 5.69 Å². The molecule has 3 nitrogen and oxygen atoms in total. The van der Waals surface area contributed by atoms with E-state index >= 15 is 0 Å². The van der Waals surface area contributed by atoms with E-state index in [9.17, 15) is 13.2 Å². The summed E-state index contributed by atoms with van der Waals surface area (Å²) < 4.78 is 41.1. The fourth-order valence-electron chi connectivity index (χ4n) is 2.70. The Morgan fingerprint density at radius 2 is 1.90 bits per heavy atom. The van der Waals surface area contributed by atoms with Crippen molar-refractivity contribution in [2.45, 2.75) is 37.7 Å². The molecule has 1 aliphatic carbocycles. The van der Waals surface area contributed by atoms with Crippen molar-refractivity contribution in [1.29, 1.82) is 0 Å². The number of rotatable bonds is 4. The molecule has 6 heteroatoms. The van der Waals surface area contributed by atoms with Gasteiger partial charge < -0.3 is 10.1 Å². The summed E-state index contributed by atoms with van der Waals surface area (Å²) >= 11 is 0. The Bertz CT molecular complexity index is 474. The van der Waals surface area contributed by atoms with E-state index in [2.05, 4.69) is 15.0 Å². The zero-order valence-corrected chi connectivity index (χ0v) is 11.0. The van der Waals surface area contributed by atoms with Crippen LogP contribution < -0.4 is 10.1 Å². The molecule has 1 unspecified atom stereocenters. The average Bonchev–Trinajstić information content (AvgIpc) is 3.11. The van der Waals surface area contributed by atoms with Gasteiger partial charge in [0, 0.05) is 25.2 Å². The highest BCUT2D eigenvalue weighted by Gasteiger charge is 2.35. The SMILES string of the molecule is FC(F)(F)Oc1ccccc1NC1CCN(C2CC2)C1. The summed E-state index contributed by atoms with van der Waals surface area (Å²) in [6, 6.07) is 7.10. The molecule has 0 spiro atoms. The molecule has 20 heavy (non-hydrogen) atoms. The number of nitrogens with zero attached hydrogens (tertiary/aromatic N) is 1. The van der Waals surface area contributed by atoms with Gasteiger partial charge in [0.15, 0.2) is 5.75 Å². The van der Waals surface area contributed by atoms with Crippen molar-refractivity contribution in [3.63, 3.8) is 0 Å². The molecule has 110 valence electrons. The maximum atomic E-state index is 12.4. The lowest BCUT2D eigenvalue weighted by Gasteiger charge is -2.19. The number of hydrogen-bond donors (Lipinski definition) is 1. The molecule has 1 aliphatic heterocycles. The van der Waals surface area contributed by atoms with E-state index in [0.717, 1.165) is 19.5 Å². The lowest BCUT2D eigenvalue weighted by atomic mass is 10.2. The Hall–Kier alpha value is -1.43. The van der Waals surface area contributed by atoms with Gasteiger partial charge in [-0.3, -0.25) is 4.90 Å². The number of ether oxygens (including phenoxy) is 1. The fourth-order valence-corrected chi connectivity index (χ4v) is 2.70. The summed E-state index contributed by atoms with van der Waals surface area (Å²) in [6.45, 7) is 1.91. The Morgan fingerprint density at radius 1 is 1.15 bits per heavy atom. The summed E-state index contributed by atoms with van der Waals surface area (Å²) in [7, 11) is 0. The van der Waals surface area contributed by atoms with Crippen molar-refractivity contribution in [2.75, 3.05) is 18.4 Å². The molecule has 1 saturated heterocycles. The van der Waals surface area contributed by atoms with Gasteiger partial charge in [-0.05, 0) is 31.4 Å². The van der Waals surface area contributed by atoms with Crippen molar-refractivity contribution in [2.24, 2.45) is 0 Å². The maximum absolute atomic E-state index is 12.4. The Labute approximate surface area is 115 Å². The number of likely N-dealkylation sites (tertiary alicyclic amines) is 1. The molecule has 1 aromatic carbocycles. The third kappa shape index (κ3) is 3.36. The minimum atomic E-state index is -4.66. The minimum absolute atomic E-state index is 0.162. The molecular formula is C14H17F3N2O. The van der Waals surface area contributed by atoms with Gasteiger partial charge >= 0.3 is 6.36 Å². The first kappa shape index (κ1) is 13.5. The van der Waals surface area contributed by atoms with E-state index in [-0.39, 0.29) is 11.8 Å². The second-order valence-electron chi connectivity index (χ2n) is 5.40. The van der Waals surface area contributed by atoms with Crippen molar-refractivity contribution in [3.8, 4) is 5.75 Å². The van der Waals surface area contributed by atoms with Crippen LogP contribution in [0, 0.1) is 0 Å². The van der Waals surface area contributed by atoms with Crippen LogP contribution in [0.4, 0.5) is 18.9 Å².